The molecule has 0 aromatic heterocycles. The lowest BCUT2D eigenvalue weighted by Crippen LogP contribution is -2.03. The van der Waals surface area contributed by atoms with Gasteiger partial charge in [0.15, 0.2) is 0 Å². The Labute approximate surface area is 178 Å². The highest BCUT2D eigenvalue weighted by Crippen LogP contribution is 2.26. The van der Waals surface area contributed by atoms with Crippen molar-refractivity contribution in [3.05, 3.63) is 87.9 Å². The quantitative estimate of drug-likeness (QED) is 0.369. The third kappa shape index (κ3) is 6.24. The van der Waals surface area contributed by atoms with Crippen LogP contribution >= 0.6 is 23.2 Å². The molecule has 148 valence electrons. The molecule has 0 unspecified atom stereocenters. The predicted octanol–water partition coefficient (Wildman–Crippen LogP) is 5.67. The zero-order valence-corrected chi connectivity index (χ0v) is 16.7. The molecule has 3 aromatic carbocycles. The first-order chi connectivity index (χ1) is 14.0. The van der Waals surface area contributed by atoms with Crippen molar-refractivity contribution in [1.82, 2.24) is 0 Å². The molecule has 7 heteroatoms. The molecular weight excluding hydrogens is 413 g/mol. The maximum absolute atomic E-state index is 10.4. The van der Waals surface area contributed by atoms with Crippen LogP contribution < -0.4 is 4.74 Å². The molecule has 0 saturated carbocycles. The summed E-state index contributed by atoms with van der Waals surface area (Å²) < 4.78 is 5.87. The normalized spacial score (nSPS) is 10.8. The Morgan fingerprint density at radius 2 is 1.76 bits per heavy atom. The lowest BCUT2D eigenvalue weighted by molar-refractivity contribution is -0.142. The minimum atomic E-state index is -1.07. The van der Waals surface area contributed by atoms with E-state index in [9.17, 15) is 4.79 Å². The summed E-state index contributed by atoms with van der Waals surface area (Å²) in [5.41, 5.74) is 3.74. The van der Waals surface area contributed by atoms with Crippen LogP contribution in [0.5, 0.6) is 5.75 Å². The van der Waals surface area contributed by atoms with Crippen molar-refractivity contribution < 1.29 is 19.5 Å². The number of carboxylic acid groups (broad SMARTS) is 1. The molecule has 3 aromatic rings. The van der Waals surface area contributed by atoms with Gasteiger partial charge in [-0.05, 0) is 46.5 Å². The first kappa shape index (κ1) is 20.7. The standard InChI is InChI=1S/C22H17Cl2NO4/c23-20-9-6-16(10-21(20)24)13-28-19-3-1-2-18(11-19)17-7-4-15(5-8-17)12-25-29-14-22(26)27/h1-12H,13-14H2,(H,26,27). The van der Waals surface area contributed by atoms with Gasteiger partial charge in [0.2, 0.25) is 6.61 Å². The maximum Gasteiger partial charge on any atom is 0.344 e. The molecule has 0 aliphatic heterocycles. The third-order valence-corrected chi connectivity index (χ3v) is 4.67. The summed E-state index contributed by atoms with van der Waals surface area (Å²) in [5, 5.41) is 13.1. The van der Waals surface area contributed by atoms with E-state index in [2.05, 4.69) is 9.99 Å². The molecular formula is C22H17Cl2NO4. The van der Waals surface area contributed by atoms with E-state index in [0.717, 1.165) is 28.0 Å². The van der Waals surface area contributed by atoms with Crippen molar-refractivity contribution in [1.29, 1.82) is 0 Å². The zero-order chi connectivity index (χ0) is 20.6. The molecule has 0 heterocycles. The number of ether oxygens (including phenoxy) is 1. The van der Waals surface area contributed by atoms with E-state index in [-0.39, 0.29) is 0 Å². The van der Waals surface area contributed by atoms with Gasteiger partial charge >= 0.3 is 5.97 Å². The van der Waals surface area contributed by atoms with Gasteiger partial charge in [-0.1, -0.05) is 70.8 Å². The van der Waals surface area contributed by atoms with Crippen LogP contribution in [0.3, 0.4) is 0 Å². The smallest absolute Gasteiger partial charge is 0.344 e. The summed E-state index contributed by atoms with van der Waals surface area (Å²) in [5.74, 6) is -0.333. The number of nitrogens with zero attached hydrogens (tertiary/aromatic N) is 1. The molecule has 5 nitrogen and oxygen atoms in total. The highest BCUT2D eigenvalue weighted by Gasteiger charge is 2.03. The Bertz CT molecular complexity index is 1020. The average molecular weight is 430 g/mol. The first-order valence-corrected chi connectivity index (χ1v) is 9.41. The fourth-order valence-corrected chi connectivity index (χ4v) is 2.83. The van der Waals surface area contributed by atoms with Crippen LogP contribution in [0.25, 0.3) is 11.1 Å². The lowest BCUT2D eigenvalue weighted by atomic mass is 10.0. The number of carboxylic acids is 1. The van der Waals surface area contributed by atoms with Crippen LogP contribution in [0.15, 0.2) is 71.9 Å². The summed E-state index contributed by atoms with van der Waals surface area (Å²) in [4.78, 5) is 15.0. The molecule has 0 atom stereocenters. The van der Waals surface area contributed by atoms with E-state index in [0.29, 0.717) is 16.7 Å². The summed E-state index contributed by atoms with van der Waals surface area (Å²) in [6.07, 6.45) is 1.46. The highest BCUT2D eigenvalue weighted by molar-refractivity contribution is 6.42. The number of oxime groups is 1. The van der Waals surface area contributed by atoms with Gasteiger partial charge in [-0.25, -0.2) is 4.79 Å². The van der Waals surface area contributed by atoms with E-state index in [4.69, 9.17) is 33.0 Å². The van der Waals surface area contributed by atoms with Crippen molar-refractivity contribution in [2.45, 2.75) is 6.61 Å². The molecule has 0 amide bonds. The van der Waals surface area contributed by atoms with Crippen LogP contribution in [-0.4, -0.2) is 23.9 Å². The molecule has 1 N–H and O–H groups in total. The Morgan fingerprint density at radius 3 is 2.48 bits per heavy atom. The number of rotatable bonds is 8. The molecule has 0 radical (unpaired) electrons. The second-order valence-electron chi connectivity index (χ2n) is 6.09. The molecule has 0 aliphatic carbocycles. The number of carbonyl (C=O) groups is 1. The van der Waals surface area contributed by atoms with Crippen molar-refractivity contribution in [3.63, 3.8) is 0 Å². The Kier molecular flexibility index (Phi) is 7.11. The van der Waals surface area contributed by atoms with E-state index >= 15 is 0 Å². The number of hydrogen-bond donors (Lipinski definition) is 1. The van der Waals surface area contributed by atoms with Gasteiger partial charge in [0.1, 0.15) is 12.4 Å². The minimum absolute atomic E-state index is 0.381. The van der Waals surface area contributed by atoms with E-state index in [1.165, 1.54) is 6.21 Å². The van der Waals surface area contributed by atoms with Gasteiger partial charge in [0, 0.05) is 0 Å². The highest BCUT2D eigenvalue weighted by atomic mass is 35.5. The van der Waals surface area contributed by atoms with Crippen molar-refractivity contribution in [3.8, 4) is 16.9 Å². The summed E-state index contributed by atoms with van der Waals surface area (Å²) in [6.45, 7) is -0.0876. The van der Waals surface area contributed by atoms with Gasteiger partial charge in [0.25, 0.3) is 0 Å². The van der Waals surface area contributed by atoms with Crippen LogP contribution in [0.1, 0.15) is 11.1 Å². The number of benzene rings is 3. The molecule has 3 rings (SSSR count). The second-order valence-corrected chi connectivity index (χ2v) is 6.90. The molecule has 0 fully saturated rings. The predicted molar refractivity (Wildman–Crippen MR) is 114 cm³/mol. The molecule has 0 bridgehead atoms. The summed E-state index contributed by atoms with van der Waals surface area (Å²) in [6, 6.07) is 20.8. The topological polar surface area (TPSA) is 68.1 Å². The Morgan fingerprint density at radius 1 is 0.966 bits per heavy atom. The minimum Gasteiger partial charge on any atom is -0.489 e. The monoisotopic (exact) mass is 429 g/mol. The lowest BCUT2D eigenvalue weighted by Gasteiger charge is -2.09. The first-order valence-electron chi connectivity index (χ1n) is 8.65. The van der Waals surface area contributed by atoms with Gasteiger partial charge in [-0.3, -0.25) is 0 Å². The number of halogens is 2. The Hall–Kier alpha value is -3.02. The average Bonchev–Trinajstić information content (AvgIpc) is 2.72. The van der Waals surface area contributed by atoms with Crippen molar-refractivity contribution >= 4 is 35.4 Å². The molecule has 0 spiro atoms. The van der Waals surface area contributed by atoms with Crippen LogP contribution in [0.4, 0.5) is 0 Å². The zero-order valence-electron chi connectivity index (χ0n) is 15.2. The summed E-state index contributed by atoms with van der Waals surface area (Å²) >= 11 is 12.0. The van der Waals surface area contributed by atoms with E-state index in [1.807, 2.05) is 54.6 Å². The summed E-state index contributed by atoms with van der Waals surface area (Å²) in [7, 11) is 0. The van der Waals surface area contributed by atoms with Crippen LogP contribution in [0, 0.1) is 0 Å². The number of hydrogen-bond acceptors (Lipinski definition) is 4. The molecule has 0 saturated heterocycles. The van der Waals surface area contributed by atoms with Crippen LogP contribution in [-0.2, 0) is 16.2 Å². The number of aliphatic carboxylic acids is 1. The fraction of sp³-hybridized carbons (Fsp3) is 0.0909. The largest absolute Gasteiger partial charge is 0.489 e. The van der Waals surface area contributed by atoms with Gasteiger partial charge in [-0.15, -0.1) is 0 Å². The van der Waals surface area contributed by atoms with E-state index < -0.39 is 12.6 Å². The fourth-order valence-electron chi connectivity index (χ4n) is 2.51. The van der Waals surface area contributed by atoms with E-state index in [1.54, 1.807) is 12.1 Å². The van der Waals surface area contributed by atoms with Gasteiger partial charge < -0.3 is 14.7 Å². The SMILES string of the molecule is O=C(O)CON=Cc1ccc(-c2cccc(OCc3ccc(Cl)c(Cl)c3)c2)cc1. The van der Waals surface area contributed by atoms with Crippen molar-refractivity contribution in [2.75, 3.05) is 6.61 Å². The van der Waals surface area contributed by atoms with Crippen LogP contribution in [0.2, 0.25) is 10.0 Å². The Balaban J connectivity index is 1.64. The van der Waals surface area contributed by atoms with Gasteiger partial charge in [-0.2, -0.15) is 0 Å². The maximum atomic E-state index is 10.4. The third-order valence-electron chi connectivity index (χ3n) is 3.93. The van der Waals surface area contributed by atoms with Crippen molar-refractivity contribution in [2.24, 2.45) is 5.16 Å². The second kappa shape index (κ2) is 9.96. The molecule has 0 aliphatic rings. The van der Waals surface area contributed by atoms with Gasteiger partial charge in [0.05, 0.1) is 16.3 Å². The molecule has 29 heavy (non-hydrogen) atoms.